The molecule has 2 aromatic heterocycles. The minimum Gasteiger partial charge on any atom is -0.354 e. The standard InChI is InChI=1S/C20H21F3N8O2/c1-25-18(32)16(24)15(8-26-9-20(21,22)23)31-19(33)17-14(29-12-6-27-10-28-7-12)5-4-13(30-17)11-2-3-11/h4-8,10-11,15,24,29H,2-3,9H2,1H3,(H,25,32)(H,31,33). The van der Waals surface area contributed by atoms with Crippen LogP contribution in [-0.4, -0.2) is 64.5 Å². The third-order valence-electron chi connectivity index (χ3n) is 4.56. The van der Waals surface area contributed by atoms with Crippen molar-refractivity contribution in [2.75, 3.05) is 18.9 Å². The molecular weight excluding hydrogens is 441 g/mol. The van der Waals surface area contributed by atoms with Crippen molar-refractivity contribution >= 4 is 35.1 Å². The number of hydrogen-bond acceptors (Lipinski definition) is 8. The van der Waals surface area contributed by atoms with E-state index in [2.05, 4.69) is 35.9 Å². The number of nitrogens with one attached hydrogen (secondary N) is 4. The van der Waals surface area contributed by atoms with Gasteiger partial charge < -0.3 is 16.0 Å². The lowest BCUT2D eigenvalue weighted by molar-refractivity contribution is -0.118. The molecule has 0 saturated heterocycles. The highest BCUT2D eigenvalue weighted by Gasteiger charge is 2.29. The highest BCUT2D eigenvalue weighted by atomic mass is 19.4. The fourth-order valence-corrected chi connectivity index (χ4v) is 2.80. The Morgan fingerprint density at radius 1 is 1.27 bits per heavy atom. The van der Waals surface area contributed by atoms with Crippen molar-refractivity contribution in [1.29, 1.82) is 5.41 Å². The number of aliphatic imine (C=N–C) groups is 1. The second-order valence-electron chi connectivity index (χ2n) is 7.21. The predicted octanol–water partition coefficient (Wildman–Crippen LogP) is 1.99. The van der Waals surface area contributed by atoms with E-state index >= 15 is 0 Å². The zero-order valence-corrected chi connectivity index (χ0v) is 17.5. The van der Waals surface area contributed by atoms with Crippen LogP contribution in [0.2, 0.25) is 0 Å². The number of halogens is 3. The van der Waals surface area contributed by atoms with Crippen molar-refractivity contribution in [2.24, 2.45) is 4.99 Å². The van der Waals surface area contributed by atoms with Crippen LogP contribution in [0.3, 0.4) is 0 Å². The number of aromatic nitrogens is 3. The van der Waals surface area contributed by atoms with E-state index < -0.39 is 36.3 Å². The number of carbonyl (C=O) groups excluding carboxylic acids is 2. The number of rotatable bonds is 9. The van der Waals surface area contributed by atoms with Crippen LogP contribution in [0.25, 0.3) is 0 Å². The highest BCUT2D eigenvalue weighted by molar-refractivity contribution is 6.42. The number of anilines is 2. The Bertz CT molecular complexity index is 1060. The van der Waals surface area contributed by atoms with E-state index in [1.54, 1.807) is 12.1 Å². The Kier molecular flexibility index (Phi) is 7.30. The predicted molar refractivity (Wildman–Crippen MR) is 114 cm³/mol. The average molecular weight is 462 g/mol. The van der Waals surface area contributed by atoms with Crippen molar-refractivity contribution in [3.8, 4) is 0 Å². The SMILES string of the molecule is CNC(=O)C(=N)C(C=NCC(F)(F)F)NC(=O)c1nc(C2CC2)ccc1Nc1cncnc1. The van der Waals surface area contributed by atoms with Crippen LogP contribution in [0.5, 0.6) is 0 Å². The summed E-state index contributed by atoms with van der Waals surface area (Å²) in [6.45, 7) is -1.52. The van der Waals surface area contributed by atoms with Crippen molar-refractivity contribution in [3.05, 3.63) is 42.2 Å². The minimum atomic E-state index is -4.57. The maximum Gasteiger partial charge on any atom is 0.407 e. The fourth-order valence-electron chi connectivity index (χ4n) is 2.80. The smallest absolute Gasteiger partial charge is 0.354 e. The fraction of sp³-hybridized carbons (Fsp3) is 0.350. The number of hydrogen-bond donors (Lipinski definition) is 4. The van der Waals surface area contributed by atoms with Crippen molar-refractivity contribution < 1.29 is 22.8 Å². The lowest BCUT2D eigenvalue weighted by atomic mass is 10.1. The number of carbonyl (C=O) groups is 2. The van der Waals surface area contributed by atoms with E-state index in [4.69, 9.17) is 5.41 Å². The molecule has 0 spiro atoms. The highest BCUT2D eigenvalue weighted by Crippen LogP contribution is 2.39. The van der Waals surface area contributed by atoms with Crippen LogP contribution in [0.1, 0.15) is 34.9 Å². The molecule has 1 fully saturated rings. The maximum atomic E-state index is 13.1. The minimum absolute atomic E-state index is 0.0535. The van der Waals surface area contributed by atoms with Crippen LogP contribution in [0, 0.1) is 5.41 Å². The number of nitrogens with zero attached hydrogens (tertiary/aromatic N) is 4. The molecule has 10 nitrogen and oxygen atoms in total. The van der Waals surface area contributed by atoms with Gasteiger partial charge in [0.1, 0.15) is 24.6 Å². The summed E-state index contributed by atoms with van der Waals surface area (Å²) in [6, 6.07) is 1.92. The Hall–Kier alpha value is -3.90. The normalized spacial score (nSPS) is 14.5. The van der Waals surface area contributed by atoms with Crippen LogP contribution < -0.4 is 16.0 Å². The zero-order valence-electron chi connectivity index (χ0n) is 17.5. The molecule has 0 aliphatic heterocycles. The summed E-state index contributed by atoms with van der Waals surface area (Å²) in [5.74, 6) is -1.45. The molecule has 174 valence electrons. The summed E-state index contributed by atoms with van der Waals surface area (Å²) >= 11 is 0. The molecule has 3 rings (SSSR count). The van der Waals surface area contributed by atoms with E-state index in [1.165, 1.54) is 25.8 Å². The van der Waals surface area contributed by atoms with Gasteiger partial charge in [-0.05, 0) is 25.0 Å². The van der Waals surface area contributed by atoms with Gasteiger partial charge in [0.05, 0.1) is 23.8 Å². The second kappa shape index (κ2) is 10.1. The second-order valence-corrected chi connectivity index (χ2v) is 7.21. The molecule has 1 atom stereocenters. The van der Waals surface area contributed by atoms with Crippen molar-refractivity contribution in [3.63, 3.8) is 0 Å². The molecule has 2 amide bonds. The summed E-state index contributed by atoms with van der Waals surface area (Å²) < 4.78 is 37.4. The van der Waals surface area contributed by atoms with Gasteiger partial charge in [-0.2, -0.15) is 13.2 Å². The van der Waals surface area contributed by atoms with Gasteiger partial charge in [-0.25, -0.2) is 15.0 Å². The maximum absolute atomic E-state index is 13.1. The van der Waals surface area contributed by atoms with Gasteiger partial charge in [0.2, 0.25) is 0 Å². The zero-order chi connectivity index (χ0) is 24.0. The molecule has 33 heavy (non-hydrogen) atoms. The van der Waals surface area contributed by atoms with Crippen LogP contribution >= 0.6 is 0 Å². The lowest BCUT2D eigenvalue weighted by Gasteiger charge is -2.17. The van der Waals surface area contributed by atoms with E-state index in [0.717, 1.165) is 12.8 Å². The van der Waals surface area contributed by atoms with Crippen molar-refractivity contribution in [2.45, 2.75) is 31.0 Å². The number of alkyl halides is 3. The van der Waals surface area contributed by atoms with Gasteiger partial charge in [-0.1, -0.05) is 0 Å². The molecule has 1 aliphatic carbocycles. The monoisotopic (exact) mass is 462 g/mol. The first-order valence-electron chi connectivity index (χ1n) is 9.89. The third-order valence-corrected chi connectivity index (χ3v) is 4.56. The van der Waals surface area contributed by atoms with Gasteiger partial charge in [0, 0.05) is 24.9 Å². The van der Waals surface area contributed by atoms with Gasteiger partial charge >= 0.3 is 6.18 Å². The van der Waals surface area contributed by atoms with Gasteiger partial charge in [-0.3, -0.25) is 20.0 Å². The molecule has 4 N–H and O–H groups in total. The number of pyridine rings is 1. The largest absolute Gasteiger partial charge is 0.407 e. The first-order chi connectivity index (χ1) is 15.7. The molecular formula is C20H21F3N8O2. The molecule has 13 heteroatoms. The average Bonchev–Trinajstić information content (AvgIpc) is 3.63. The van der Waals surface area contributed by atoms with E-state index in [9.17, 15) is 22.8 Å². The molecule has 1 unspecified atom stereocenters. The Morgan fingerprint density at radius 2 is 1.97 bits per heavy atom. The van der Waals surface area contributed by atoms with E-state index in [-0.39, 0.29) is 11.6 Å². The van der Waals surface area contributed by atoms with Crippen LogP contribution in [0.15, 0.2) is 35.8 Å². The Balaban J connectivity index is 1.88. The molecule has 1 saturated carbocycles. The summed E-state index contributed by atoms with van der Waals surface area (Å²) in [5, 5.41) is 15.5. The summed E-state index contributed by atoms with van der Waals surface area (Å²) in [7, 11) is 1.26. The summed E-state index contributed by atoms with van der Waals surface area (Å²) in [5.41, 5.74) is 0.736. The summed E-state index contributed by atoms with van der Waals surface area (Å²) in [6.07, 6.45) is 2.31. The lowest BCUT2D eigenvalue weighted by Crippen LogP contribution is -2.48. The number of amides is 2. The summed E-state index contributed by atoms with van der Waals surface area (Å²) in [4.78, 5) is 40.4. The molecule has 1 aliphatic rings. The quantitative estimate of drug-likeness (QED) is 0.420. The first kappa shape index (κ1) is 23.8. The topological polar surface area (TPSA) is 145 Å². The van der Waals surface area contributed by atoms with E-state index in [0.29, 0.717) is 23.3 Å². The van der Waals surface area contributed by atoms with Gasteiger partial charge in [0.15, 0.2) is 5.69 Å². The van der Waals surface area contributed by atoms with Gasteiger partial charge in [0.25, 0.3) is 11.8 Å². The Morgan fingerprint density at radius 3 is 2.58 bits per heavy atom. The third kappa shape index (κ3) is 6.79. The van der Waals surface area contributed by atoms with Crippen LogP contribution in [-0.2, 0) is 4.79 Å². The Labute approximate surface area is 186 Å². The van der Waals surface area contributed by atoms with Gasteiger partial charge in [-0.15, -0.1) is 0 Å². The van der Waals surface area contributed by atoms with Crippen molar-refractivity contribution in [1.82, 2.24) is 25.6 Å². The molecule has 0 aromatic carbocycles. The van der Waals surface area contributed by atoms with Crippen LogP contribution in [0.4, 0.5) is 24.5 Å². The molecule has 2 heterocycles. The molecule has 0 bridgehead atoms. The first-order valence-corrected chi connectivity index (χ1v) is 9.89. The molecule has 2 aromatic rings. The van der Waals surface area contributed by atoms with E-state index in [1.807, 2.05) is 0 Å². The molecule has 0 radical (unpaired) electrons.